The van der Waals surface area contributed by atoms with Crippen molar-refractivity contribution in [1.82, 2.24) is 4.90 Å². The van der Waals surface area contributed by atoms with Crippen LogP contribution in [-0.4, -0.2) is 30.1 Å². The van der Waals surface area contributed by atoms with Crippen LogP contribution >= 0.6 is 11.8 Å². The third kappa shape index (κ3) is 3.00. The van der Waals surface area contributed by atoms with Crippen LogP contribution < -0.4 is 0 Å². The van der Waals surface area contributed by atoms with Crippen LogP contribution in [0.1, 0.15) is 11.1 Å². The van der Waals surface area contributed by atoms with Gasteiger partial charge in [0.25, 0.3) is 0 Å². The molecule has 0 saturated carbocycles. The van der Waals surface area contributed by atoms with Gasteiger partial charge in [-0.1, -0.05) is 30.0 Å². The molecule has 0 unspecified atom stereocenters. The van der Waals surface area contributed by atoms with Gasteiger partial charge in [0.15, 0.2) is 0 Å². The first-order chi connectivity index (χ1) is 9.72. The van der Waals surface area contributed by atoms with Gasteiger partial charge in [0, 0.05) is 22.9 Å². The van der Waals surface area contributed by atoms with E-state index >= 15 is 0 Å². The molecule has 1 N–H and O–H groups in total. The molecule has 3 rings (SSSR count). The maximum atomic E-state index is 9.98. The zero-order valence-corrected chi connectivity index (χ0v) is 12.5. The summed E-state index contributed by atoms with van der Waals surface area (Å²) < 4.78 is 0. The predicted octanol–water partition coefficient (Wildman–Crippen LogP) is 3.57. The molecule has 0 aliphatic carbocycles. The maximum absolute atomic E-state index is 9.98. The van der Waals surface area contributed by atoms with E-state index in [-0.39, 0.29) is 0 Å². The molecular weight excluding hydrogens is 266 g/mol. The molecule has 20 heavy (non-hydrogen) atoms. The lowest BCUT2D eigenvalue weighted by molar-refractivity contribution is 0.352. The topological polar surface area (TPSA) is 23.5 Å². The van der Waals surface area contributed by atoms with Gasteiger partial charge in [-0.05, 0) is 55.3 Å². The van der Waals surface area contributed by atoms with Gasteiger partial charge >= 0.3 is 0 Å². The molecule has 2 aromatic rings. The van der Waals surface area contributed by atoms with E-state index in [9.17, 15) is 5.11 Å². The number of hydrogen-bond acceptors (Lipinski definition) is 3. The van der Waals surface area contributed by atoms with Crippen molar-refractivity contribution < 1.29 is 5.11 Å². The minimum absolute atomic E-state index is 0.381. The van der Waals surface area contributed by atoms with Crippen LogP contribution in [-0.2, 0) is 12.8 Å². The van der Waals surface area contributed by atoms with Crippen LogP contribution in [0.15, 0.2) is 52.3 Å². The van der Waals surface area contributed by atoms with E-state index in [1.54, 1.807) is 11.8 Å². The number of fused-ring (bicyclic) bond motifs is 1. The van der Waals surface area contributed by atoms with E-state index in [1.807, 2.05) is 18.2 Å². The molecule has 0 saturated heterocycles. The van der Waals surface area contributed by atoms with Crippen LogP contribution in [0, 0.1) is 0 Å². The zero-order valence-electron chi connectivity index (χ0n) is 11.7. The first-order valence-corrected chi connectivity index (χ1v) is 7.80. The molecule has 3 heteroatoms. The molecule has 0 radical (unpaired) electrons. The second kappa shape index (κ2) is 5.90. The quantitative estimate of drug-likeness (QED) is 0.912. The van der Waals surface area contributed by atoms with Crippen molar-refractivity contribution in [3.63, 3.8) is 0 Å². The molecule has 1 heterocycles. The molecule has 104 valence electrons. The number of phenolic OH excluding ortho intramolecular Hbond substituents is 1. The van der Waals surface area contributed by atoms with Crippen molar-refractivity contribution in [1.29, 1.82) is 0 Å². The van der Waals surface area contributed by atoms with E-state index in [2.05, 4.69) is 36.2 Å². The van der Waals surface area contributed by atoms with Gasteiger partial charge in [-0.2, -0.15) is 0 Å². The molecule has 0 aromatic heterocycles. The monoisotopic (exact) mass is 285 g/mol. The number of benzene rings is 2. The average molecular weight is 285 g/mol. The summed E-state index contributed by atoms with van der Waals surface area (Å²) in [6.45, 7) is 2.14. The molecular formula is C17H19NOS. The largest absolute Gasteiger partial charge is 0.508 e. The second-order valence-electron chi connectivity index (χ2n) is 5.30. The summed E-state index contributed by atoms with van der Waals surface area (Å²) in [5, 5.41) is 9.98. The highest BCUT2D eigenvalue weighted by Crippen LogP contribution is 2.36. The maximum Gasteiger partial charge on any atom is 0.117 e. The van der Waals surface area contributed by atoms with E-state index < -0.39 is 0 Å². The molecule has 0 spiro atoms. The lowest BCUT2D eigenvalue weighted by Crippen LogP contribution is -2.20. The lowest BCUT2D eigenvalue weighted by atomic mass is 10.0. The molecule has 2 nitrogen and oxygen atoms in total. The van der Waals surface area contributed by atoms with Crippen LogP contribution in [0.4, 0.5) is 0 Å². The Bertz CT molecular complexity index is 597. The van der Waals surface area contributed by atoms with Gasteiger partial charge < -0.3 is 10.0 Å². The Labute approximate surface area is 124 Å². The summed E-state index contributed by atoms with van der Waals surface area (Å²) in [5.41, 5.74) is 2.70. The zero-order chi connectivity index (χ0) is 13.9. The molecule has 0 amide bonds. The lowest BCUT2D eigenvalue weighted by Gasteiger charge is -2.13. The van der Waals surface area contributed by atoms with Crippen molar-refractivity contribution in [2.45, 2.75) is 22.6 Å². The summed E-state index contributed by atoms with van der Waals surface area (Å²) in [5.74, 6) is 0.381. The molecule has 0 bridgehead atoms. The highest BCUT2D eigenvalue weighted by Gasteiger charge is 2.16. The fourth-order valence-electron chi connectivity index (χ4n) is 2.63. The molecule has 1 aliphatic heterocycles. The number of nitrogens with zero attached hydrogens (tertiary/aromatic N) is 1. The third-order valence-corrected chi connectivity index (χ3v) is 4.86. The Morgan fingerprint density at radius 3 is 2.60 bits per heavy atom. The van der Waals surface area contributed by atoms with Gasteiger partial charge in [0.05, 0.1) is 0 Å². The van der Waals surface area contributed by atoms with Gasteiger partial charge in [0.1, 0.15) is 5.75 Å². The Morgan fingerprint density at radius 1 is 1.05 bits per heavy atom. The minimum atomic E-state index is 0.381. The van der Waals surface area contributed by atoms with Crippen LogP contribution in [0.3, 0.4) is 0 Å². The first kappa shape index (κ1) is 13.5. The molecule has 0 atom stereocenters. The SMILES string of the molecule is CN1CCc2cc(O)cc(Sc3ccccc3)c2CC1. The smallest absolute Gasteiger partial charge is 0.117 e. The first-order valence-electron chi connectivity index (χ1n) is 6.98. The van der Waals surface area contributed by atoms with Gasteiger partial charge in [-0.25, -0.2) is 0 Å². The highest BCUT2D eigenvalue weighted by atomic mass is 32.2. The number of likely N-dealkylation sites (N-methyl/N-ethyl adjacent to an activating group) is 1. The second-order valence-corrected chi connectivity index (χ2v) is 6.42. The Kier molecular flexibility index (Phi) is 3.99. The van der Waals surface area contributed by atoms with E-state index in [0.29, 0.717) is 5.75 Å². The fraction of sp³-hybridized carbons (Fsp3) is 0.294. The fourth-order valence-corrected chi connectivity index (χ4v) is 3.71. The normalized spacial score (nSPS) is 15.7. The predicted molar refractivity (Wildman–Crippen MR) is 83.6 cm³/mol. The minimum Gasteiger partial charge on any atom is -0.508 e. The van der Waals surface area contributed by atoms with Gasteiger partial charge in [0.2, 0.25) is 0 Å². The number of phenols is 1. The van der Waals surface area contributed by atoms with E-state index in [4.69, 9.17) is 0 Å². The van der Waals surface area contributed by atoms with Crippen molar-refractivity contribution in [2.75, 3.05) is 20.1 Å². The van der Waals surface area contributed by atoms with Crippen LogP contribution in [0.25, 0.3) is 0 Å². The van der Waals surface area contributed by atoms with Crippen LogP contribution in [0.2, 0.25) is 0 Å². The number of aromatic hydroxyl groups is 1. The van der Waals surface area contributed by atoms with Crippen LogP contribution in [0.5, 0.6) is 5.75 Å². The van der Waals surface area contributed by atoms with Crippen molar-refractivity contribution >= 4 is 11.8 Å². The Balaban J connectivity index is 1.96. The summed E-state index contributed by atoms with van der Waals surface area (Å²) >= 11 is 1.75. The number of rotatable bonds is 2. The summed E-state index contributed by atoms with van der Waals surface area (Å²) in [7, 11) is 2.16. The molecule has 0 fully saturated rings. The Hall–Kier alpha value is -1.45. The van der Waals surface area contributed by atoms with Crippen molar-refractivity contribution in [3.8, 4) is 5.75 Å². The summed E-state index contributed by atoms with van der Waals surface area (Å²) in [6, 6.07) is 14.2. The van der Waals surface area contributed by atoms with Crippen molar-refractivity contribution in [3.05, 3.63) is 53.6 Å². The van der Waals surface area contributed by atoms with E-state index in [0.717, 1.165) is 25.9 Å². The average Bonchev–Trinajstić information content (AvgIpc) is 2.62. The third-order valence-electron chi connectivity index (χ3n) is 3.76. The molecule has 2 aromatic carbocycles. The van der Waals surface area contributed by atoms with Crippen molar-refractivity contribution in [2.24, 2.45) is 0 Å². The summed E-state index contributed by atoms with van der Waals surface area (Å²) in [6.07, 6.45) is 2.07. The standard InChI is InChI=1S/C17H19NOS/c1-18-9-7-13-11-14(19)12-17(16(13)8-10-18)20-15-5-3-2-4-6-15/h2-6,11-12,19H,7-10H2,1H3. The molecule has 1 aliphatic rings. The summed E-state index contributed by atoms with van der Waals surface area (Å²) in [4.78, 5) is 4.77. The van der Waals surface area contributed by atoms with Gasteiger partial charge in [-0.15, -0.1) is 0 Å². The Morgan fingerprint density at radius 2 is 1.80 bits per heavy atom. The van der Waals surface area contributed by atoms with Gasteiger partial charge in [-0.3, -0.25) is 0 Å². The van der Waals surface area contributed by atoms with E-state index in [1.165, 1.54) is 20.9 Å². The highest BCUT2D eigenvalue weighted by molar-refractivity contribution is 7.99. The number of hydrogen-bond donors (Lipinski definition) is 1.